The molecule has 0 bridgehead atoms. The average Bonchev–Trinajstić information content (AvgIpc) is 2.83. The number of halogens is 3. The summed E-state index contributed by atoms with van der Waals surface area (Å²) in [5.74, 6) is -0.382. The fraction of sp³-hybridized carbons (Fsp3) is 0.286. The Hall–Kier alpha value is -1.96. The molecule has 0 saturated heterocycles. The largest absolute Gasteiger partial charge is 0.416 e. The Morgan fingerprint density at radius 2 is 2.14 bits per heavy atom. The zero-order valence-corrected chi connectivity index (χ0v) is 12.7. The van der Waals surface area contributed by atoms with Gasteiger partial charge in [0.15, 0.2) is 5.16 Å². The van der Waals surface area contributed by atoms with E-state index in [0.717, 1.165) is 12.1 Å². The van der Waals surface area contributed by atoms with E-state index in [1.807, 2.05) is 0 Å². The third kappa shape index (κ3) is 4.03. The van der Waals surface area contributed by atoms with E-state index in [4.69, 9.17) is 0 Å². The first-order valence-corrected chi connectivity index (χ1v) is 7.27. The molecule has 0 radical (unpaired) electrons. The zero-order valence-electron chi connectivity index (χ0n) is 11.9. The number of aromatic nitrogens is 2. The monoisotopic (exact) mass is 329 g/mol. The maximum absolute atomic E-state index is 12.6. The van der Waals surface area contributed by atoms with Crippen molar-refractivity contribution in [1.82, 2.24) is 9.55 Å². The van der Waals surface area contributed by atoms with E-state index < -0.39 is 17.0 Å². The Balaban J connectivity index is 2.04. The van der Waals surface area contributed by atoms with E-state index in [9.17, 15) is 18.0 Å². The van der Waals surface area contributed by atoms with Gasteiger partial charge in [0.05, 0.1) is 10.8 Å². The van der Waals surface area contributed by atoms with Gasteiger partial charge in [-0.05, 0) is 25.1 Å². The molecule has 1 atom stereocenters. The van der Waals surface area contributed by atoms with Crippen LogP contribution in [0.3, 0.4) is 0 Å². The lowest BCUT2D eigenvalue weighted by atomic mass is 10.2. The van der Waals surface area contributed by atoms with Crippen LogP contribution >= 0.6 is 11.8 Å². The van der Waals surface area contributed by atoms with Gasteiger partial charge in [-0.3, -0.25) is 4.79 Å². The molecule has 1 amide bonds. The number of alkyl halides is 3. The summed E-state index contributed by atoms with van der Waals surface area (Å²) < 4.78 is 39.7. The Morgan fingerprint density at radius 3 is 2.73 bits per heavy atom. The third-order valence-corrected chi connectivity index (χ3v) is 4.06. The van der Waals surface area contributed by atoms with E-state index in [2.05, 4.69) is 10.3 Å². The Kier molecular flexibility index (Phi) is 4.80. The van der Waals surface area contributed by atoms with E-state index in [1.165, 1.54) is 23.9 Å². The van der Waals surface area contributed by atoms with Crippen molar-refractivity contribution in [3.63, 3.8) is 0 Å². The van der Waals surface area contributed by atoms with Crippen LogP contribution in [0.5, 0.6) is 0 Å². The molecule has 2 rings (SSSR count). The molecule has 1 aromatic heterocycles. The van der Waals surface area contributed by atoms with Crippen LogP contribution in [0, 0.1) is 0 Å². The summed E-state index contributed by atoms with van der Waals surface area (Å²) in [6, 6.07) is 4.55. The van der Waals surface area contributed by atoms with Crippen molar-refractivity contribution in [3.8, 4) is 0 Å². The summed E-state index contributed by atoms with van der Waals surface area (Å²) in [6.07, 6.45) is -1.08. The number of nitrogens with zero attached hydrogens (tertiary/aromatic N) is 2. The number of benzene rings is 1. The van der Waals surface area contributed by atoms with Crippen LogP contribution in [0.15, 0.2) is 41.8 Å². The molecule has 22 heavy (non-hydrogen) atoms. The number of thioether (sulfide) groups is 1. The Labute approximate surface area is 129 Å². The van der Waals surface area contributed by atoms with E-state index in [-0.39, 0.29) is 11.6 Å². The van der Waals surface area contributed by atoms with Crippen molar-refractivity contribution in [2.24, 2.45) is 7.05 Å². The van der Waals surface area contributed by atoms with Crippen molar-refractivity contribution >= 4 is 23.4 Å². The quantitative estimate of drug-likeness (QED) is 0.873. The van der Waals surface area contributed by atoms with Gasteiger partial charge in [0.1, 0.15) is 0 Å². The van der Waals surface area contributed by atoms with Gasteiger partial charge in [-0.1, -0.05) is 17.8 Å². The van der Waals surface area contributed by atoms with Crippen LogP contribution in [0.4, 0.5) is 18.9 Å². The molecule has 0 unspecified atom stereocenters. The van der Waals surface area contributed by atoms with Gasteiger partial charge in [-0.15, -0.1) is 0 Å². The average molecular weight is 329 g/mol. The third-order valence-electron chi connectivity index (χ3n) is 2.89. The number of carbonyl (C=O) groups excluding carboxylic acids is 1. The van der Waals surface area contributed by atoms with Gasteiger partial charge in [-0.25, -0.2) is 4.98 Å². The number of imidazole rings is 1. The standard InChI is InChI=1S/C14H14F3N3OS/c1-9(22-13-18-6-7-20(13)2)12(21)19-11-5-3-4-10(8-11)14(15,16)17/h3-9H,1-2H3,(H,19,21)/t9-/m0/s1. The highest BCUT2D eigenvalue weighted by Gasteiger charge is 2.30. The van der Waals surface area contributed by atoms with Crippen molar-refractivity contribution in [3.05, 3.63) is 42.2 Å². The fourth-order valence-corrected chi connectivity index (χ4v) is 2.53. The normalized spacial score (nSPS) is 13.0. The van der Waals surface area contributed by atoms with Crippen LogP contribution in [-0.4, -0.2) is 20.7 Å². The molecule has 4 nitrogen and oxygen atoms in total. The highest BCUT2D eigenvalue weighted by molar-refractivity contribution is 8.00. The maximum Gasteiger partial charge on any atom is 0.416 e. The highest BCUT2D eigenvalue weighted by Crippen LogP contribution is 2.31. The molecule has 0 spiro atoms. The molecule has 0 aliphatic rings. The molecule has 8 heteroatoms. The summed E-state index contributed by atoms with van der Waals surface area (Å²) in [6.45, 7) is 1.67. The van der Waals surface area contributed by atoms with Crippen LogP contribution < -0.4 is 5.32 Å². The molecule has 0 aliphatic carbocycles. The summed E-state index contributed by atoms with van der Waals surface area (Å²) in [7, 11) is 1.80. The first-order valence-electron chi connectivity index (χ1n) is 6.39. The van der Waals surface area contributed by atoms with E-state index >= 15 is 0 Å². The van der Waals surface area contributed by atoms with Gasteiger partial charge < -0.3 is 9.88 Å². The summed E-state index contributed by atoms with van der Waals surface area (Å²) in [5.41, 5.74) is -0.679. The molecule has 0 saturated carbocycles. The molecular formula is C14H14F3N3OS. The second kappa shape index (κ2) is 6.43. The Morgan fingerprint density at radius 1 is 1.41 bits per heavy atom. The maximum atomic E-state index is 12.6. The summed E-state index contributed by atoms with van der Waals surface area (Å²) >= 11 is 1.23. The minimum Gasteiger partial charge on any atom is -0.329 e. The van der Waals surface area contributed by atoms with Crippen LogP contribution in [-0.2, 0) is 18.0 Å². The smallest absolute Gasteiger partial charge is 0.329 e. The SMILES string of the molecule is C[C@H](Sc1nccn1C)C(=O)Nc1cccc(C(F)(F)F)c1. The number of aryl methyl sites for hydroxylation is 1. The second-order valence-electron chi connectivity index (χ2n) is 4.65. The molecule has 1 heterocycles. The van der Waals surface area contributed by atoms with Crippen molar-refractivity contribution in [1.29, 1.82) is 0 Å². The predicted molar refractivity (Wildman–Crippen MR) is 78.6 cm³/mol. The fourth-order valence-electron chi connectivity index (χ4n) is 1.69. The number of carbonyl (C=O) groups is 1. The molecule has 0 fully saturated rings. The number of amides is 1. The number of hydrogen-bond donors (Lipinski definition) is 1. The van der Waals surface area contributed by atoms with Crippen LogP contribution in [0.25, 0.3) is 0 Å². The van der Waals surface area contributed by atoms with Gasteiger partial charge in [0.2, 0.25) is 5.91 Å². The van der Waals surface area contributed by atoms with Gasteiger partial charge >= 0.3 is 6.18 Å². The molecule has 1 aromatic carbocycles. The zero-order chi connectivity index (χ0) is 16.3. The van der Waals surface area contributed by atoms with Gasteiger partial charge in [0, 0.05) is 25.1 Å². The lowest BCUT2D eigenvalue weighted by Crippen LogP contribution is -2.23. The highest BCUT2D eigenvalue weighted by atomic mass is 32.2. The van der Waals surface area contributed by atoms with Crippen molar-refractivity contribution in [2.75, 3.05) is 5.32 Å². The lowest BCUT2D eigenvalue weighted by Gasteiger charge is -2.13. The lowest BCUT2D eigenvalue weighted by molar-refractivity contribution is -0.137. The number of nitrogens with one attached hydrogen (secondary N) is 1. The minimum atomic E-state index is -4.44. The molecule has 118 valence electrons. The van der Waals surface area contributed by atoms with E-state index in [0.29, 0.717) is 5.16 Å². The molecule has 2 aromatic rings. The summed E-state index contributed by atoms with van der Waals surface area (Å²) in [4.78, 5) is 16.1. The Bertz CT molecular complexity index is 669. The molecule has 1 N–H and O–H groups in total. The number of anilines is 1. The number of rotatable bonds is 4. The minimum absolute atomic E-state index is 0.118. The van der Waals surface area contributed by atoms with E-state index in [1.54, 1.807) is 30.9 Å². The van der Waals surface area contributed by atoms with Crippen LogP contribution in [0.2, 0.25) is 0 Å². The van der Waals surface area contributed by atoms with Crippen molar-refractivity contribution < 1.29 is 18.0 Å². The van der Waals surface area contributed by atoms with Gasteiger partial charge in [0.25, 0.3) is 0 Å². The van der Waals surface area contributed by atoms with Gasteiger partial charge in [-0.2, -0.15) is 13.2 Å². The van der Waals surface area contributed by atoms with Crippen molar-refractivity contribution in [2.45, 2.75) is 23.5 Å². The second-order valence-corrected chi connectivity index (χ2v) is 5.96. The predicted octanol–water partition coefficient (Wildman–Crippen LogP) is 3.56. The number of hydrogen-bond acceptors (Lipinski definition) is 3. The topological polar surface area (TPSA) is 46.9 Å². The first-order chi connectivity index (χ1) is 10.3. The summed E-state index contributed by atoms with van der Waals surface area (Å²) in [5, 5.41) is 2.66. The molecule has 0 aliphatic heterocycles. The first kappa shape index (κ1) is 16.4. The molecular weight excluding hydrogens is 315 g/mol. The van der Waals surface area contributed by atoms with Crippen LogP contribution in [0.1, 0.15) is 12.5 Å².